The molecule has 1 saturated heterocycles. The van der Waals surface area contributed by atoms with Crippen LogP contribution in [0.3, 0.4) is 0 Å². The number of hydrogen-bond donors (Lipinski definition) is 1. The van der Waals surface area contributed by atoms with Crippen molar-refractivity contribution < 1.29 is 9.59 Å². The second kappa shape index (κ2) is 6.21. The second-order valence-corrected chi connectivity index (χ2v) is 4.89. The van der Waals surface area contributed by atoms with E-state index in [-0.39, 0.29) is 24.2 Å². The largest absolute Gasteiger partial charge is 0.339 e. The molecule has 0 unspecified atom stereocenters. The maximum absolute atomic E-state index is 12.1. The summed E-state index contributed by atoms with van der Waals surface area (Å²) in [5.74, 6) is 0.156. The topological polar surface area (TPSA) is 66.6 Å². The fraction of sp³-hybridized carbons (Fsp3) is 0.818. The van der Waals surface area contributed by atoms with Gasteiger partial charge in [-0.2, -0.15) is 0 Å². The highest BCUT2D eigenvalue weighted by molar-refractivity contribution is 5.85. The van der Waals surface area contributed by atoms with Crippen molar-refractivity contribution >= 4 is 24.2 Å². The Hall–Kier alpha value is -0.810. The van der Waals surface area contributed by atoms with E-state index in [1.807, 2.05) is 13.8 Å². The second-order valence-electron chi connectivity index (χ2n) is 4.89. The highest BCUT2D eigenvalue weighted by Gasteiger charge is 2.32. The quantitative estimate of drug-likeness (QED) is 0.768. The Labute approximate surface area is 109 Å². The number of carbonyl (C=O) groups excluding carboxylic acids is 2. The lowest BCUT2D eigenvalue weighted by atomic mass is 9.91. The predicted octanol–water partition coefficient (Wildman–Crippen LogP) is 0.0838. The first-order chi connectivity index (χ1) is 7.38. The van der Waals surface area contributed by atoms with Crippen molar-refractivity contribution in [2.75, 3.05) is 32.7 Å². The number of hydrogen-bond acceptors (Lipinski definition) is 3. The van der Waals surface area contributed by atoms with E-state index in [2.05, 4.69) is 0 Å². The van der Waals surface area contributed by atoms with Gasteiger partial charge in [0.25, 0.3) is 0 Å². The van der Waals surface area contributed by atoms with Crippen LogP contribution in [0.2, 0.25) is 0 Å². The van der Waals surface area contributed by atoms with Crippen molar-refractivity contribution in [2.45, 2.75) is 20.8 Å². The predicted molar refractivity (Wildman–Crippen MR) is 68.9 cm³/mol. The summed E-state index contributed by atoms with van der Waals surface area (Å²) in [4.78, 5) is 26.8. The molecule has 0 aromatic rings. The van der Waals surface area contributed by atoms with Crippen molar-refractivity contribution in [3.63, 3.8) is 0 Å². The molecule has 0 atom stereocenters. The van der Waals surface area contributed by atoms with Crippen molar-refractivity contribution in [1.29, 1.82) is 0 Å². The van der Waals surface area contributed by atoms with Crippen LogP contribution in [0.25, 0.3) is 0 Å². The van der Waals surface area contributed by atoms with E-state index in [0.29, 0.717) is 32.7 Å². The monoisotopic (exact) mass is 263 g/mol. The molecule has 0 aromatic heterocycles. The molecule has 6 heteroatoms. The fourth-order valence-corrected chi connectivity index (χ4v) is 1.74. The minimum absolute atomic E-state index is 0. The summed E-state index contributed by atoms with van der Waals surface area (Å²) in [6, 6.07) is 0. The SMILES string of the molecule is CC(=O)N1CCN(C(=O)C(C)(C)CN)CC1.Cl. The molecule has 0 bridgehead atoms. The summed E-state index contributed by atoms with van der Waals surface area (Å²) in [7, 11) is 0. The lowest BCUT2D eigenvalue weighted by Crippen LogP contribution is -2.54. The van der Waals surface area contributed by atoms with Crippen LogP contribution < -0.4 is 5.73 Å². The maximum atomic E-state index is 12.1. The zero-order valence-electron chi connectivity index (χ0n) is 10.7. The van der Waals surface area contributed by atoms with Gasteiger partial charge in [-0.3, -0.25) is 9.59 Å². The molecule has 17 heavy (non-hydrogen) atoms. The summed E-state index contributed by atoms with van der Waals surface area (Å²) in [5, 5.41) is 0. The van der Waals surface area contributed by atoms with Crippen LogP contribution in [0.1, 0.15) is 20.8 Å². The molecular formula is C11H22ClN3O2. The van der Waals surface area contributed by atoms with Gasteiger partial charge in [0.05, 0.1) is 5.41 Å². The molecule has 0 aromatic carbocycles. The summed E-state index contributed by atoms with van der Waals surface area (Å²) in [6.07, 6.45) is 0. The van der Waals surface area contributed by atoms with E-state index < -0.39 is 5.41 Å². The number of nitrogens with two attached hydrogens (primary N) is 1. The van der Waals surface area contributed by atoms with E-state index in [9.17, 15) is 9.59 Å². The van der Waals surface area contributed by atoms with Crippen LogP contribution in [-0.2, 0) is 9.59 Å². The lowest BCUT2D eigenvalue weighted by Gasteiger charge is -2.37. The van der Waals surface area contributed by atoms with E-state index in [1.54, 1.807) is 16.7 Å². The zero-order chi connectivity index (χ0) is 12.3. The van der Waals surface area contributed by atoms with E-state index in [4.69, 9.17) is 5.73 Å². The van der Waals surface area contributed by atoms with Crippen molar-refractivity contribution in [2.24, 2.45) is 11.1 Å². The average molecular weight is 264 g/mol. The van der Waals surface area contributed by atoms with Crippen LogP contribution >= 0.6 is 12.4 Å². The fourth-order valence-electron chi connectivity index (χ4n) is 1.74. The first kappa shape index (κ1) is 16.2. The first-order valence-electron chi connectivity index (χ1n) is 5.63. The molecule has 0 spiro atoms. The zero-order valence-corrected chi connectivity index (χ0v) is 11.5. The molecule has 1 aliphatic heterocycles. The average Bonchev–Trinajstić information content (AvgIpc) is 2.28. The molecule has 0 aliphatic carbocycles. The van der Waals surface area contributed by atoms with Crippen LogP contribution in [0.15, 0.2) is 0 Å². The van der Waals surface area contributed by atoms with E-state index in [1.165, 1.54) is 0 Å². The maximum Gasteiger partial charge on any atom is 0.229 e. The van der Waals surface area contributed by atoms with E-state index in [0.717, 1.165) is 0 Å². The Kier molecular flexibility index (Phi) is 5.92. The van der Waals surface area contributed by atoms with Gasteiger partial charge in [0.1, 0.15) is 0 Å². The van der Waals surface area contributed by atoms with E-state index >= 15 is 0 Å². The Morgan fingerprint density at radius 2 is 1.53 bits per heavy atom. The summed E-state index contributed by atoms with van der Waals surface area (Å²) in [6.45, 7) is 8.09. The van der Waals surface area contributed by atoms with Gasteiger partial charge in [-0.25, -0.2) is 0 Å². The van der Waals surface area contributed by atoms with Gasteiger partial charge in [-0.1, -0.05) is 0 Å². The first-order valence-corrected chi connectivity index (χ1v) is 5.63. The smallest absolute Gasteiger partial charge is 0.229 e. The third-order valence-electron chi connectivity index (χ3n) is 3.10. The van der Waals surface area contributed by atoms with Gasteiger partial charge in [-0.05, 0) is 13.8 Å². The number of carbonyl (C=O) groups is 2. The molecule has 1 aliphatic rings. The molecule has 5 nitrogen and oxygen atoms in total. The molecule has 1 rings (SSSR count). The van der Waals surface area contributed by atoms with Gasteiger partial charge in [0.2, 0.25) is 11.8 Å². The number of piperazine rings is 1. The third kappa shape index (κ3) is 3.85. The number of rotatable bonds is 2. The Bertz CT molecular complexity index is 286. The van der Waals surface area contributed by atoms with Gasteiger partial charge in [0.15, 0.2) is 0 Å². The standard InChI is InChI=1S/C11H21N3O2.ClH/c1-9(15)13-4-6-14(7-5-13)10(16)11(2,3)8-12;/h4-8,12H2,1-3H3;1H. The van der Waals surface area contributed by atoms with Crippen LogP contribution in [0, 0.1) is 5.41 Å². The van der Waals surface area contributed by atoms with Crippen LogP contribution in [-0.4, -0.2) is 54.3 Å². The van der Waals surface area contributed by atoms with Gasteiger partial charge >= 0.3 is 0 Å². The molecule has 1 fully saturated rings. The molecule has 0 radical (unpaired) electrons. The normalized spacial score (nSPS) is 16.5. The Morgan fingerprint density at radius 1 is 1.12 bits per heavy atom. The minimum Gasteiger partial charge on any atom is -0.339 e. The highest BCUT2D eigenvalue weighted by Crippen LogP contribution is 2.18. The van der Waals surface area contributed by atoms with Gasteiger partial charge < -0.3 is 15.5 Å². The van der Waals surface area contributed by atoms with Crippen molar-refractivity contribution in [1.82, 2.24) is 9.80 Å². The van der Waals surface area contributed by atoms with Gasteiger partial charge in [-0.15, -0.1) is 12.4 Å². The molecule has 100 valence electrons. The third-order valence-corrected chi connectivity index (χ3v) is 3.10. The molecule has 0 saturated carbocycles. The van der Waals surface area contributed by atoms with Crippen LogP contribution in [0.5, 0.6) is 0 Å². The number of halogens is 1. The summed E-state index contributed by atoms with van der Waals surface area (Å²) >= 11 is 0. The van der Waals surface area contributed by atoms with Crippen molar-refractivity contribution in [3.8, 4) is 0 Å². The minimum atomic E-state index is -0.502. The molecular weight excluding hydrogens is 242 g/mol. The van der Waals surface area contributed by atoms with Crippen LogP contribution in [0.4, 0.5) is 0 Å². The summed E-state index contributed by atoms with van der Waals surface area (Å²) in [5.41, 5.74) is 5.08. The number of amides is 2. The Morgan fingerprint density at radius 3 is 1.88 bits per heavy atom. The molecule has 1 heterocycles. The molecule has 2 N–H and O–H groups in total. The Balaban J connectivity index is 0.00000256. The molecule has 2 amide bonds. The van der Waals surface area contributed by atoms with Gasteiger partial charge in [0, 0.05) is 39.6 Å². The lowest BCUT2D eigenvalue weighted by molar-refractivity contribution is -0.144. The highest BCUT2D eigenvalue weighted by atomic mass is 35.5. The van der Waals surface area contributed by atoms with Crippen molar-refractivity contribution in [3.05, 3.63) is 0 Å². The number of nitrogens with zero attached hydrogens (tertiary/aromatic N) is 2. The summed E-state index contributed by atoms with van der Waals surface area (Å²) < 4.78 is 0.